The van der Waals surface area contributed by atoms with Crippen LogP contribution in [0.5, 0.6) is 5.75 Å². The number of benzene rings is 3. The molecule has 0 atom stereocenters. The van der Waals surface area contributed by atoms with Gasteiger partial charge in [-0.05, 0) is 46.5 Å². The molecule has 4 nitrogen and oxygen atoms in total. The molecule has 27 heavy (non-hydrogen) atoms. The van der Waals surface area contributed by atoms with E-state index in [9.17, 15) is 0 Å². The van der Waals surface area contributed by atoms with Gasteiger partial charge in [0.2, 0.25) is 0 Å². The van der Waals surface area contributed by atoms with Crippen molar-refractivity contribution in [3.05, 3.63) is 95.4 Å². The van der Waals surface area contributed by atoms with Crippen molar-refractivity contribution in [1.82, 2.24) is 9.97 Å². The number of nitrogens with one attached hydrogen (secondary N) is 1. The molecule has 2 aliphatic carbocycles. The molecule has 4 aromatic rings. The van der Waals surface area contributed by atoms with Crippen molar-refractivity contribution in [2.75, 3.05) is 5.32 Å². The van der Waals surface area contributed by atoms with Crippen LogP contribution in [0.15, 0.2) is 73.2 Å². The Balaban J connectivity index is 1.29. The Morgan fingerprint density at radius 2 is 1.85 bits per heavy atom. The van der Waals surface area contributed by atoms with Crippen molar-refractivity contribution in [3.8, 4) is 5.75 Å². The fourth-order valence-electron chi connectivity index (χ4n) is 3.41. The van der Waals surface area contributed by atoms with Gasteiger partial charge in [-0.1, -0.05) is 36.4 Å². The Morgan fingerprint density at radius 1 is 0.963 bits per heavy atom. The smallest absolute Gasteiger partial charge is 0.123 e. The number of nitrogens with zero attached hydrogens (tertiary/aromatic N) is 2. The molecule has 4 heteroatoms. The monoisotopic (exact) mass is 353 g/mol. The van der Waals surface area contributed by atoms with Crippen molar-refractivity contribution < 1.29 is 4.74 Å². The van der Waals surface area contributed by atoms with Crippen molar-refractivity contribution in [2.45, 2.75) is 19.6 Å². The number of hydrogen-bond donors (Lipinski definition) is 1. The minimum absolute atomic E-state index is 0.602. The first-order valence-electron chi connectivity index (χ1n) is 9.10. The molecule has 132 valence electrons. The SMILES string of the molecule is c1ccc(COc2cc(CNc3ccc4cncnc4c3)c3cc2C3)cc1. The molecule has 3 aromatic carbocycles. The van der Waals surface area contributed by atoms with Crippen LogP contribution >= 0.6 is 0 Å². The number of ether oxygens (including phenoxy) is 1. The Hall–Kier alpha value is -3.40. The summed E-state index contributed by atoms with van der Waals surface area (Å²) in [6.07, 6.45) is 4.41. The van der Waals surface area contributed by atoms with E-state index in [0.29, 0.717) is 6.61 Å². The van der Waals surface area contributed by atoms with E-state index in [2.05, 4.69) is 51.7 Å². The van der Waals surface area contributed by atoms with Crippen LogP contribution in [0.2, 0.25) is 0 Å². The van der Waals surface area contributed by atoms with Crippen LogP contribution in [0.25, 0.3) is 10.9 Å². The second kappa shape index (κ2) is 6.72. The first kappa shape index (κ1) is 15.8. The molecule has 0 amide bonds. The van der Waals surface area contributed by atoms with Crippen LogP contribution in [0.3, 0.4) is 0 Å². The lowest BCUT2D eigenvalue weighted by molar-refractivity contribution is 0.301. The molecule has 1 aromatic heterocycles. The maximum atomic E-state index is 6.07. The van der Waals surface area contributed by atoms with Crippen molar-refractivity contribution in [3.63, 3.8) is 0 Å². The minimum atomic E-state index is 0.602. The second-order valence-electron chi connectivity index (χ2n) is 6.83. The lowest BCUT2D eigenvalue weighted by Gasteiger charge is -2.24. The topological polar surface area (TPSA) is 47.0 Å². The molecule has 0 saturated carbocycles. The number of hydrogen-bond acceptors (Lipinski definition) is 4. The van der Waals surface area contributed by atoms with Gasteiger partial charge in [-0.25, -0.2) is 9.97 Å². The van der Waals surface area contributed by atoms with Crippen LogP contribution in [0.4, 0.5) is 5.69 Å². The fourth-order valence-corrected chi connectivity index (χ4v) is 3.41. The number of fused-ring (bicyclic) bond motifs is 3. The van der Waals surface area contributed by atoms with Crippen LogP contribution in [0, 0.1) is 0 Å². The van der Waals surface area contributed by atoms with Gasteiger partial charge >= 0.3 is 0 Å². The summed E-state index contributed by atoms with van der Waals surface area (Å²) in [6.45, 7) is 1.37. The van der Waals surface area contributed by atoms with Crippen LogP contribution in [-0.4, -0.2) is 9.97 Å². The van der Waals surface area contributed by atoms with Gasteiger partial charge in [0.05, 0.1) is 5.52 Å². The van der Waals surface area contributed by atoms with Crippen molar-refractivity contribution >= 4 is 16.6 Å². The largest absolute Gasteiger partial charge is 0.489 e. The van der Waals surface area contributed by atoms with E-state index in [1.54, 1.807) is 6.33 Å². The molecule has 2 aliphatic rings. The molecular weight excluding hydrogens is 334 g/mol. The molecule has 0 radical (unpaired) electrons. The zero-order chi connectivity index (χ0) is 18.1. The summed E-state index contributed by atoms with van der Waals surface area (Å²) in [5.74, 6) is 0.997. The molecule has 1 N–H and O–H groups in total. The van der Waals surface area contributed by atoms with Gasteiger partial charge in [0.25, 0.3) is 0 Å². The summed E-state index contributed by atoms with van der Waals surface area (Å²) in [5.41, 5.74) is 7.18. The van der Waals surface area contributed by atoms with Gasteiger partial charge in [0.15, 0.2) is 0 Å². The third kappa shape index (κ3) is 3.22. The lowest BCUT2D eigenvalue weighted by atomic mass is 9.87. The van der Waals surface area contributed by atoms with Gasteiger partial charge in [-0.15, -0.1) is 0 Å². The number of aromatic nitrogens is 2. The molecule has 0 unspecified atom stereocenters. The van der Waals surface area contributed by atoms with Crippen LogP contribution in [-0.2, 0) is 19.6 Å². The van der Waals surface area contributed by atoms with Gasteiger partial charge in [-0.2, -0.15) is 0 Å². The highest BCUT2D eigenvalue weighted by Crippen LogP contribution is 2.35. The molecular formula is C23H19N3O. The summed E-state index contributed by atoms with van der Waals surface area (Å²) < 4.78 is 6.07. The fraction of sp³-hybridized carbons (Fsp3) is 0.130. The highest BCUT2D eigenvalue weighted by atomic mass is 16.5. The average molecular weight is 353 g/mol. The quantitative estimate of drug-likeness (QED) is 0.480. The molecule has 0 spiro atoms. The van der Waals surface area contributed by atoms with E-state index in [1.807, 2.05) is 30.5 Å². The first-order valence-corrected chi connectivity index (χ1v) is 9.10. The maximum absolute atomic E-state index is 6.07. The number of anilines is 1. The molecule has 1 heterocycles. The molecule has 0 saturated heterocycles. The average Bonchev–Trinajstić information content (AvgIpc) is 2.70. The van der Waals surface area contributed by atoms with Gasteiger partial charge in [0, 0.05) is 30.2 Å². The van der Waals surface area contributed by atoms with E-state index < -0.39 is 0 Å². The van der Waals surface area contributed by atoms with E-state index in [1.165, 1.54) is 22.3 Å². The van der Waals surface area contributed by atoms with E-state index in [4.69, 9.17) is 4.74 Å². The molecule has 2 bridgehead atoms. The van der Waals surface area contributed by atoms with Crippen molar-refractivity contribution in [1.29, 1.82) is 0 Å². The van der Waals surface area contributed by atoms with Crippen LogP contribution < -0.4 is 10.1 Å². The Bertz CT molecular complexity index is 1110. The third-order valence-corrected chi connectivity index (χ3v) is 4.99. The summed E-state index contributed by atoms with van der Waals surface area (Å²) in [5, 5.41) is 4.56. The zero-order valence-corrected chi connectivity index (χ0v) is 14.9. The molecule has 0 aliphatic heterocycles. The Morgan fingerprint density at radius 3 is 2.74 bits per heavy atom. The summed E-state index contributed by atoms with van der Waals surface area (Å²) in [4.78, 5) is 8.38. The first-order chi connectivity index (χ1) is 13.3. The Kier molecular flexibility index (Phi) is 3.94. The summed E-state index contributed by atoms with van der Waals surface area (Å²) >= 11 is 0. The predicted octanol–water partition coefficient (Wildman–Crippen LogP) is 4.73. The van der Waals surface area contributed by atoms with E-state index in [-0.39, 0.29) is 0 Å². The predicted molar refractivity (Wildman–Crippen MR) is 107 cm³/mol. The van der Waals surface area contributed by atoms with Gasteiger partial charge < -0.3 is 10.1 Å². The summed E-state index contributed by atoms with van der Waals surface area (Å²) in [7, 11) is 0. The highest BCUT2D eigenvalue weighted by Gasteiger charge is 2.20. The zero-order valence-electron chi connectivity index (χ0n) is 14.9. The number of rotatable bonds is 6. The van der Waals surface area contributed by atoms with E-state index in [0.717, 1.165) is 35.3 Å². The maximum Gasteiger partial charge on any atom is 0.123 e. The van der Waals surface area contributed by atoms with Gasteiger partial charge in [-0.3, -0.25) is 0 Å². The van der Waals surface area contributed by atoms with Crippen molar-refractivity contribution in [2.24, 2.45) is 0 Å². The molecule has 6 rings (SSSR count). The van der Waals surface area contributed by atoms with E-state index >= 15 is 0 Å². The van der Waals surface area contributed by atoms with Crippen LogP contribution in [0.1, 0.15) is 22.3 Å². The third-order valence-electron chi connectivity index (χ3n) is 4.99. The Labute approximate surface area is 157 Å². The highest BCUT2D eigenvalue weighted by molar-refractivity contribution is 5.81. The summed E-state index contributed by atoms with van der Waals surface area (Å²) in [6, 6.07) is 20.9. The normalized spacial score (nSPS) is 11.9. The second-order valence-corrected chi connectivity index (χ2v) is 6.83. The minimum Gasteiger partial charge on any atom is -0.489 e. The van der Waals surface area contributed by atoms with Gasteiger partial charge in [0.1, 0.15) is 18.7 Å². The molecule has 0 fully saturated rings. The standard InChI is InChI=1S/C23H19N3O/c1-2-4-16(5-3-1)14-27-23-10-20(18-8-19(23)9-18)13-25-21-7-6-17-12-24-15-26-22(17)11-21/h1-8,10-12,15,25H,9,13-14H2. The lowest BCUT2D eigenvalue weighted by Crippen LogP contribution is -2.13.